The topological polar surface area (TPSA) is 56.7 Å². The number of nitrogens with two attached hydrogens (primary N) is 1. The number of pyridine rings is 1. The molecule has 0 spiro atoms. The van der Waals surface area contributed by atoms with Crippen molar-refractivity contribution in [1.82, 2.24) is 14.5 Å². The molecular formula is C10H13BrN4. The van der Waals surface area contributed by atoms with Crippen molar-refractivity contribution in [1.29, 1.82) is 0 Å². The van der Waals surface area contributed by atoms with Gasteiger partial charge in [0.15, 0.2) is 5.65 Å². The summed E-state index contributed by atoms with van der Waals surface area (Å²) in [7, 11) is 0. The van der Waals surface area contributed by atoms with Crippen molar-refractivity contribution >= 4 is 27.1 Å². The number of aryl methyl sites for hydroxylation is 1. The van der Waals surface area contributed by atoms with Gasteiger partial charge in [0.1, 0.15) is 11.3 Å². The van der Waals surface area contributed by atoms with Gasteiger partial charge in [0.05, 0.1) is 0 Å². The van der Waals surface area contributed by atoms with Gasteiger partial charge in [-0.15, -0.1) is 0 Å². The molecule has 15 heavy (non-hydrogen) atoms. The summed E-state index contributed by atoms with van der Waals surface area (Å²) >= 11 is 3.39. The first-order valence-electron chi connectivity index (χ1n) is 4.97. The molecule has 0 saturated heterocycles. The Morgan fingerprint density at radius 3 is 3.00 bits per heavy atom. The molecule has 2 rings (SSSR count). The van der Waals surface area contributed by atoms with Crippen molar-refractivity contribution in [3.63, 3.8) is 0 Å². The molecule has 0 saturated carbocycles. The van der Waals surface area contributed by atoms with E-state index in [1.807, 2.05) is 6.07 Å². The molecule has 0 atom stereocenters. The summed E-state index contributed by atoms with van der Waals surface area (Å²) < 4.78 is 3.04. The van der Waals surface area contributed by atoms with Crippen LogP contribution in [0.1, 0.15) is 12.7 Å². The number of rotatable bonds is 3. The fourth-order valence-corrected chi connectivity index (χ4v) is 1.99. The summed E-state index contributed by atoms with van der Waals surface area (Å²) in [5, 5.41) is 0. The second-order valence-corrected chi connectivity index (χ2v) is 4.23. The summed E-state index contributed by atoms with van der Waals surface area (Å²) in [4.78, 5) is 8.89. The van der Waals surface area contributed by atoms with Gasteiger partial charge < -0.3 is 10.3 Å². The normalized spacial score (nSPS) is 11.1. The molecule has 2 N–H and O–H groups in total. The van der Waals surface area contributed by atoms with Gasteiger partial charge >= 0.3 is 0 Å². The van der Waals surface area contributed by atoms with Crippen LogP contribution in [0, 0.1) is 0 Å². The third kappa shape index (κ3) is 1.89. The SMILES string of the molecule is CCc1nc2cc(Br)cnc2n1CCN. The van der Waals surface area contributed by atoms with Gasteiger partial charge in [-0.3, -0.25) is 0 Å². The van der Waals surface area contributed by atoms with Crippen molar-refractivity contribution in [2.24, 2.45) is 5.73 Å². The number of hydrogen-bond acceptors (Lipinski definition) is 3. The van der Waals surface area contributed by atoms with Crippen LogP contribution >= 0.6 is 15.9 Å². The average molecular weight is 269 g/mol. The Morgan fingerprint density at radius 1 is 1.53 bits per heavy atom. The zero-order valence-corrected chi connectivity index (χ0v) is 10.2. The third-order valence-electron chi connectivity index (χ3n) is 2.30. The van der Waals surface area contributed by atoms with Crippen LogP contribution in [0.3, 0.4) is 0 Å². The van der Waals surface area contributed by atoms with Gasteiger partial charge in [-0.25, -0.2) is 9.97 Å². The monoisotopic (exact) mass is 268 g/mol. The molecule has 2 aromatic heterocycles. The van der Waals surface area contributed by atoms with Crippen molar-refractivity contribution in [3.8, 4) is 0 Å². The smallest absolute Gasteiger partial charge is 0.160 e. The van der Waals surface area contributed by atoms with Crippen molar-refractivity contribution in [2.75, 3.05) is 6.54 Å². The molecule has 0 amide bonds. The first-order valence-corrected chi connectivity index (χ1v) is 5.76. The molecule has 0 radical (unpaired) electrons. The van der Waals surface area contributed by atoms with E-state index in [9.17, 15) is 0 Å². The van der Waals surface area contributed by atoms with E-state index in [4.69, 9.17) is 5.73 Å². The lowest BCUT2D eigenvalue weighted by Crippen LogP contribution is -2.12. The zero-order valence-electron chi connectivity index (χ0n) is 8.57. The van der Waals surface area contributed by atoms with Gasteiger partial charge in [-0.2, -0.15) is 0 Å². The molecule has 2 heterocycles. The minimum Gasteiger partial charge on any atom is -0.329 e. The molecule has 80 valence electrons. The van der Waals surface area contributed by atoms with Crippen LogP contribution in [-0.2, 0) is 13.0 Å². The second-order valence-electron chi connectivity index (χ2n) is 3.32. The van der Waals surface area contributed by atoms with Crippen molar-refractivity contribution < 1.29 is 0 Å². The van der Waals surface area contributed by atoms with Crippen LogP contribution in [0.15, 0.2) is 16.7 Å². The maximum absolute atomic E-state index is 5.58. The fourth-order valence-electron chi connectivity index (χ4n) is 1.67. The first-order chi connectivity index (χ1) is 7.26. The average Bonchev–Trinajstić information content (AvgIpc) is 2.56. The molecule has 0 aromatic carbocycles. The second kappa shape index (κ2) is 4.28. The summed E-state index contributed by atoms with van der Waals surface area (Å²) in [5.41, 5.74) is 7.42. The van der Waals surface area contributed by atoms with E-state index < -0.39 is 0 Å². The van der Waals surface area contributed by atoms with Crippen LogP contribution in [0.2, 0.25) is 0 Å². The van der Waals surface area contributed by atoms with E-state index in [1.165, 1.54) is 0 Å². The number of halogens is 1. The van der Waals surface area contributed by atoms with E-state index >= 15 is 0 Å². The molecule has 0 aliphatic rings. The minimum absolute atomic E-state index is 0.607. The highest BCUT2D eigenvalue weighted by atomic mass is 79.9. The molecular weight excluding hydrogens is 256 g/mol. The number of nitrogens with zero attached hydrogens (tertiary/aromatic N) is 3. The Bertz CT molecular complexity index is 477. The van der Waals surface area contributed by atoms with Crippen LogP contribution in [-0.4, -0.2) is 21.1 Å². The maximum atomic E-state index is 5.58. The number of imidazole rings is 1. The Balaban J connectivity index is 2.63. The molecule has 0 aliphatic heterocycles. The molecule has 0 fully saturated rings. The lowest BCUT2D eigenvalue weighted by atomic mass is 10.4. The van der Waals surface area contributed by atoms with Gasteiger partial charge in [0.2, 0.25) is 0 Å². The van der Waals surface area contributed by atoms with Crippen molar-refractivity contribution in [3.05, 3.63) is 22.6 Å². The van der Waals surface area contributed by atoms with Crippen LogP contribution in [0.4, 0.5) is 0 Å². The predicted octanol–water partition coefficient (Wildman–Crippen LogP) is 1.71. The molecule has 2 aromatic rings. The van der Waals surface area contributed by atoms with Crippen LogP contribution in [0.5, 0.6) is 0 Å². The fraction of sp³-hybridized carbons (Fsp3) is 0.400. The third-order valence-corrected chi connectivity index (χ3v) is 2.73. The summed E-state index contributed by atoms with van der Waals surface area (Å²) in [5.74, 6) is 1.04. The molecule has 4 nitrogen and oxygen atoms in total. The van der Waals surface area contributed by atoms with Gasteiger partial charge in [0.25, 0.3) is 0 Å². The number of fused-ring (bicyclic) bond motifs is 1. The lowest BCUT2D eigenvalue weighted by molar-refractivity contribution is 0.679. The Kier molecular flexibility index (Phi) is 3.02. The number of aromatic nitrogens is 3. The quantitative estimate of drug-likeness (QED) is 0.922. The lowest BCUT2D eigenvalue weighted by Gasteiger charge is -2.04. The van der Waals surface area contributed by atoms with E-state index in [0.717, 1.165) is 34.4 Å². The Morgan fingerprint density at radius 2 is 2.33 bits per heavy atom. The van der Waals surface area contributed by atoms with E-state index in [2.05, 4.69) is 37.4 Å². The van der Waals surface area contributed by atoms with Crippen LogP contribution < -0.4 is 5.73 Å². The largest absolute Gasteiger partial charge is 0.329 e. The van der Waals surface area contributed by atoms with Crippen molar-refractivity contribution in [2.45, 2.75) is 19.9 Å². The standard InChI is InChI=1S/C10H13BrN4/c1-2-9-14-8-5-7(11)6-13-10(8)15(9)4-3-12/h5-6H,2-4,12H2,1H3. The molecule has 0 unspecified atom stereocenters. The Hall–Kier alpha value is -0.940. The van der Waals surface area contributed by atoms with E-state index in [1.54, 1.807) is 6.20 Å². The zero-order chi connectivity index (χ0) is 10.8. The molecule has 0 aliphatic carbocycles. The molecule has 0 bridgehead atoms. The summed E-state index contributed by atoms with van der Waals surface area (Å²) in [6.45, 7) is 3.47. The van der Waals surface area contributed by atoms with Gasteiger partial charge in [0, 0.05) is 30.2 Å². The van der Waals surface area contributed by atoms with Crippen LogP contribution in [0.25, 0.3) is 11.2 Å². The summed E-state index contributed by atoms with van der Waals surface area (Å²) in [6.07, 6.45) is 2.68. The van der Waals surface area contributed by atoms with Gasteiger partial charge in [-0.1, -0.05) is 6.92 Å². The first kappa shape index (κ1) is 10.6. The van der Waals surface area contributed by atoms with E-state index in [-0.39, 0.29) is 0 Å². The highest BCUT2D eigenvalue weighted by Gasteiger charge is 2.09. The highest BCUT2D eigenvalue weighted by Crippen LogP contribution is 2.18. The minimum atomic E-state index is 0.607. The highest BCUT2D eigenvalue weighted by molar-refractivity contribution is 9.10. The predicted molar refractivity (Wildman–Crippen MR) is 63.7 cm³/mol. The summed E-state index contributed by atoms with van der Waals surface area (Å²) in [6, 6.07) is 1.98. The van der Waals surface area contributed by atoms with E-state index in [0.29, 0.717) is 6.54 Å². The molecule has 5 heteroatoms. The maximum Gasteiger partial charge on any atom is 0.160 e. The number of hydrogen-bond donors (Lipinski definition) is 1. The Labute approximate surface area is 96.6 Å². The van der Waals surface area contributed by atoms with Gasteiger partial charge in [-0.05, 0) is 22.0 Å².